The number of sulfonamides is 1. The van der Waals surface area contributed by atoms with E-state index in [-0.39, 0.29) is 5.82 Å². The highest BCUT2D eigenvalue weighted by atomic mass is 32.2. The molecule has 0 saturated heterocycles. The summed E-state index contributed by atoms with van der Waals surface area (Å²) in [5.41, 5.74) is 2.36. The van der Waals surface area contributed by atoms with Crippen molar-refractivity contribution in [3.05, 3.63) is 48.2 Å². The number of benzene rings is 1. The molecule has 1 aromatic carbocycles. The lowest BCUT2D eigenvalue weighted by atomic mass is 10.1. The van der Waals surface area contributed by atoms with Gasteiger partial charge in [0.1, 0.15) is 5.82 Å². The molecule has 0 spiro atoms. The number of nitrogens with one attached hydrogen (secondary N) is 3. The zero-order valence-electron chi connectivity index (χ0n) is 12.6. The average molecular weight is 331 g/mol. The highest BCUT2D eigenvalue weighted by Gasteiger charge is 2.05. The first-order chi connectivity index (χ1) is 11.0. The molecule has 3 aromatic rings. The quantitative estimate of drug-likeness (QED) is 0.641. The smallest absolute Gasteiger partial charge is 0.231 e. The summed E-state index contributed by atoms with van der Waals surface area (Å²) in [4.78, 5) is 3.25. The van der Waals surface area contributed by atoms with Crippen molar-refractivity contribution < 1.29 is 8.42 Å². The van der Waals surface area contributed by atoms with Gasteiger partial charge in [-0.05, 0) is 30.2 Å². The third-order valence-electron chi connectivity index (χ3n) is 3.33. The van der Waals surface area contributed by atoms with Crippen LogP contribution in [-0.2, 0) is 16.4 Å². The zero-order valence-corrected chi connectivity index (χ0v) is 13.4. The van der Waals surface area contributed by atoms with Crippen LogP contribution in [0.25, 0.3) is 10.9 Å². The van der Waals surface area contributed by atoms with Gasteiger partial charge in [0.05, 0.1) is 6.26 Å². The van der Waals surface area contributed by atoms with Crippen LogP contribution in [0, 0.1) is 0 Å². The third kappa shape index (κ3) is 3.98. The van der Waals surface area contributed by atoms with Gasteiger partial charge >= 0.3 is 0 Å². The monoisotopic (exact) mass is 331 g/mol. The molecule has 120 valence electrons. The van der Waals surface area contributed by atoms with Gasteiger partial charge in [0, 0.05) is 23.6 Å². The Hall–Kier alpha value is -2.61. The molecule has 3 N–H and O–H groups in total. The second kappa shape index (κ2) is 6.25. The Morgan fingerprint density at radius 1 is 1.09 bits per heavy atom. The van der Waals surface area contributed by atoms with Crippen LogP contribution in [-0.4, -0.2) is 36.4 Å². The minimum absolute atomic E-state index is 0.203. The van der Waals surface area contributed by atoms with E-state index in [1.807, 2.05) is 24.4 Å². The lowest BCUT2D eigenvalue weighted by Crippen LogP contribution is -2.12. The number of hydrogen-bond acceptors (Lipinski definition) is 5. The van der Waals surface area contributed by atoms with Crippen molar-refractivity contribution in [2.75, 3.05) is 22.8 Å². The summed E-state index contributed by atoms with van der Waals surface area (Å²) < 4.78 is 24.5. The number of nitrogens with zero attached hydrogens (tertiary/aromatic N) is 2. The molecular formula is C15H17N5O2S. The number of fused-ring (bicyclic) bond motifs is 1. The maximum absolute atomic E-state index is 11.1. The topological polar surface area (TPSA) is 99.8 Å². The van der Waals surface area contributed by atoms with Crippen LogP contribution in [0.4, 0.5) is 11.6 Å². The van der Waals surface area contributed by atoms with E-state index in [9.17, 15) is 8.42 Å². The number of H-pyrrole nitrogens is 1. The number of para-hydroxylation sites is 1. The van der Waals surface area contributed by atoms with Crippen molar-refractivity contribution in [3.63, 3.8) is 0 Å². The van der Waals surface area contributed by atoms with E-state index in [2.05, 4.69) is 31.3 Å². The first-order valence-electron chi connectivity index (χ1n) is 7.12. The molecule has 0 aliphatic heterocycles. The van der Waals surface area contributed by atoms with Crippen molar-refractivity contribution in [2.24, 2.45) is 0 Å². The molecule has 0 bridgehead atoms. The molecular weight excluding hydrogens is 314 g/mol. The summed E-state index contributed by atoms with van der Waals surface area (Å²) in [6.07, 6.45) is 3.92. The van der Waals surface area contributed by atoms with Crippen molar-refractivity contribution in [2.45, 2.75) is 6.42 Å². The predicted octanol–water partition coefficient (Wildman–Crippen LogP) is 1.98. The van der Waals surface area contributed by atoms with Gasteiger partial charge < -0.3 is 10.3 Å². The van der Waals surface area contributed by atoms with Crippen molar-refractivity contribution in [1.29, 1.82) is 0 Å². The molecule has 8 heteroatoms. The fourth-order valence-corrected chi connectivity index (χ4v) is 2.82. The number of aromatic amines is 1. The van der Waals surface area contributed by atoms with E-state index in [1.54, 1.807) is 12.1 Å². The fourth-order valence-electron chi connectivity index (χ4n) is 2.33. The molecule has 0 aliphatic carbocycles. The molecule has 0 amide bonds. The Kier molecular flexibility index (Phi) is 4.16. The molecule has 2 aromatic heterocycles. The lowest BCUT2D eigenvalue weighted by Gasteiger charge is -2.06. The van der Waals surface area contributed by atoms with Gasteiger partial charge in [-0.3, -0.25) is 4.72 Å². The SMILES string of the molecule is CS(=O)(=O)Nc1ccc(NCCc2c[nH]c3ccccc23)nn1. The Morgan fingerprint density at radius 2 is 1.83 bits per heavy atom. The van der Waals surface area contributed by atoms with Crippen LogP contribution in [0.5, 0.6) is 0 Å². The highest BCUT2D eigenvalue weighted by molar-refractivity contribution is 7.92. The summed E-state index contributed by atoms with van der Waals surface area (Å²) in [7, 11) is -3.33. The van der Waals surface area contributed by atoms with Crippen LogP contribution in [0.15, 0.2) is 42.6 Å². The van der Waals surface area contributed by atoms with E-state index in [4.69, 9.17) is 0 Å². The minimum atomic E-state index is -3.33. The van der Waals surface area contributed by atoms with Gasteiger partial charge in [0.25, 0.3) is 0 Å². The Bertz CT molecular complexity index is 903. The molecule has 3 rings (SSSR count). The number of rotatable bonds is 6. The lowest BCUT2D eigenvalue weighted by molar-refractivity contribution is 0.606. The van der Waals surface area contributed by atoms with Crippen molar-refractivity contribution in [1.82, 2.24) is 15.2 Å². The molecule has 7 nitrogen and oxygen atoms in total. The summed E-state index contributed by atoms with van der Waals surface area (Å²) in [6.45, 7) is 0.704. The standard InChI is InChI=1S/C15H17N5O2S/c1-23(21,22)20-15-7-6-14(18-19-15)16-9-8-11-10-17-13-5-3-2-4-12(11)13/h2-7,10,17H,8-9H2,1H3,(H,16,18)(H,19,20). The van der Waals surface area contributed by atoms with Gasteiger partial charge in [-0.2, -0.15) is 0 Å². The molecule has 0 aliphatic rings. The maximum atomic E-state index is 11.1. The first kappa shape index (κ1) is 15.3. The van der Waals surface area contributed by atoms with E-state index >= 15 is 0 Å². The molecule has 0 radical (unpaired) electrons. The number of anilines is 2. The number of hydrogen-bond donors (Lipinski definition) is 3. The van der Waals surface area contributed by atoms with Crippen LogP contribution in [0.2, 0.25) is 0 Å². The van der Waals surface area contributed by atoms with E-state index in [0.29, 0.717) is 12.4 Å². The zero-order chi connectivity index (χ0) is 16.3. The first-order valence-corrected chi connectivity index (χ1v) is 9.01. The average Bonchev–Trinajstić information content (AvgIpc) is 2.91. The number of aromatic nitrogens is 3. The highest BCUT2D eigenvalue weighted by Crippen LogP contribution is 2.18. The fraction of sp³-hybridized carbons (Fsp3) is 0.200. The van der Waals surface area contributed by atoms with Gasteiger partial charge in [0.15, 0.2) is 5.82 Å². The molecule has 0 fully saturated rings. The van der Waals surface area contributed by atoms with Crippen LogP contribution >= 0.6 is 0 Å². The largest absolute Gasteiger partial charge is 0.368 e. The summed E-state index contributed by atoms with van der Waals surface area (Å²) in [5.74, 6) is 0.804. The second-order valence-electron chi connectivity index (χ2n) is 5.21. The summed E-state index contributed by atoms with van der Waals surface area (Å²) in [6, 6.07) is 11.4. The van der Waals surface area contributed by atoms with Gasteiger partial charge in [-0.25, -0.2) is 8.42 Å². The molecule has 2 heterocycles. The second-order valence-corrected chi connectivity index (χ2v) is 6.96. The van der Waals surface area contributed by atoms with Crippen LogP contribution < -0.4 is 10.0 Å². The normalized spacial score (nSPS) is 11.5. The van der Waals surface area contributed by atoms with E-state index in [1.165, 1.54) is 10.9 Å². The Labute approximate surface area is 134 Å². The van der Waals surface area contributed by atoms with Gasteiger partial charge in [0.2, 0.25) is 10.0 Å². The van der Waals surface area contributed by atoms with Gasteiger partial charge in [-0.15, -0.1) is 10.2 Å². The Balaban J connectivity index is 1.58. The Morgan fingerprint density at radius 3 is 2.57 bits per heavy atom. The molecule has 23 heavy (non-hydrogen) atoms. The maximum Gasteiger partial charge on any atom is 0.231 e. The molecule has 0 atom stereocenters. The summed E-state index contributed by atoms with van der Waals surface area (Å²) >= 11 is 0. The van der Waals surface area contributed by atoms with Gasteiger partial charge in [-0.1, -0.05) is 18.2 Å². The van der Waals surface area contributed by atoms with E-state index in [0.717, 1.165) is 18.2 Å². The molecule has 0 unspecified atom stereocenters. The van der Waals surface area contributed by atoms with E-state index < -0.39 is 10.0 Å². The molecule has 0 saturated carbocycles. The minimum Gasteiger partial charge on any atom is -0.368 e. The third-order valence-corrected chi connectivity index (χ3v) is 3.91. The predicted molar refractivity (Wildman–Crippen MR) is 91.0 cm³/mol. The van der Waals surface area contributed by atoms with Crippen LogP contribution in [0.3, 0.4) is 0 Å². The summed E-state index contributed by atoms with van der Waals surface area (Å²) in [5, 5.41) is 12.2. The van der Waals surface area contributed by atoms with Crippen molar-refractivity contribution >= 4 is 32.6 Å². The van der Waals surface area contributed by atoms with Crippen LogP contribution in [0.1, 0.15) is 5.56 Å². The van der Waals surface area contributed by atoms with Crippen molar-refractivity contribution in [3.8, 4) is 0 Å².